The van der Waals surface area contributed by atoms with Crippen molar-refractivity contribution in [2.75, 3.05) is 6.61 Å². The summed E-state index contributed by atoms with van der Waals surface area (Å²) in [6, 6.07) is 13.7. The van der Waals surface area contributed by atoms with Crippen molar-refractivity contribution < 1.29 is 19.4 Å². The van der Waals surface area contributed by atoms with Crippen LogP contribution in [0.3, 0.4) is 0 Å². The molecule has 0 radical (unpaired) electrons. The third-order valence-corrected chi connectivity index (χ3v) is 6.66. The number of nitrogens with one attached hydrogen (secondary N) is 3. The van der Waals surface area contributed by atoms with Crippen molar-refractivity contribution in [3.8, 4) is 5.75 Å². The van der Waals surface area contributed by atoms with Gasteiger partial charge in [-0.3, -0.25) is 19.9 Å². The summed E-state index contributed by atoms with van der Waals surface area (Å²) in [6.07, 6.45) is 1.01. The Morgan fingerprint density at radius 3 is 2.73 bits per heavy atom. The van der Waals surface area contributed by atoms with E-state index in [1.54, 1.807) is 18.2 Å². The van der Waals surface area contributed by atoms with Crippen molar-refractivity contribution in [1.82, 2.24) is 15.5 Å². The summed E-state index contributed by atoms with van der Waals surface area (Å²) in [6.45, 7) is 4.34. The normalized spacial score (nSPS) is 21.6. The second kappa shape index (κ2) is 9.23. The molecule has 8 nitrogen and oxygen atoms in total. The Labute approximate surface area is 193 Å². The van der Waals surface area contributed by atoms with Crippen molar-refractivity contribution in [1.29, 1.82) is 5.41 Å². The van der Waals surface area contributed by atoms with Crippen LogP contribution in [0.25, 0.3) is 0 Å². The Morgan fingerprint density at radius 1 is 1.24 bits per heavy atom. The van der Waals surface area contributed by atoms with E-state index in [1.807, 2.05) is 44.2 Å². The number of aliphatic hydroxyl groups is 1. The number of aliphatic hydroxyl groups excluding tert-OH is 1. The van der Waals surface area contributed by atoms with Gasteiger partial charge in [0.1, 0.15) is 18.5 Å². The molecule has 4 rings (SSSR count). The number of benzene rings is 2. The number of amides is 2. The molecule has 2 heterocycles. The molecule has 0 aliphatic carbocycles. The van der Waals surface area contributed by atoms with Crippen LogP contribution in [-0.2, 0) is 11.3 Å². The van der Waals surface area contributed by atoms with Crippen LogP contribution in [0.2, 0.25) is 0 Å². The molecule has 2 aromatic carbocycles. The lowest BCUT2D eigenvalue weighted by Crippen LogP contribution is -2.61. The van der Waals surface area contributed by atoms with E-state index in [9.17, 15) is 14.7 Å². The van der Waals surface area contributed by atoms with E-state index in [1.165, 1.54) is 4.90 Å². The molecular weight excluding hydrogens is 420 g/mol. The SMILES string of the molecule is CCC1(CC)CC(=O)N(Cc2cccc(C(=O)N[C@@H]3c4ccccc4OC[C@H]3O)c2)C(=N)N1. The van der Waals surface area contributed by atoms with Gasteiger partial charge in [0.25, 0.3) is 5.91 Å². The molecule has 1 saturated heterocycles. The third kappa shape index (κ3) is 4.57. The van der Waals surface area contributed by atoms with Gasteiger partial charge >= 0.3 is 0 Å². The highest BCUT2D eigenvalue weighted by atomic mass is 16.5. The Hall–Kier alpha value is -3.39. The lowest BCUT2D eigenvalue weighted by molar-refractivity contribution is -0.131. The number of hydrogen-bond donors (Lipinski definition) is 4. The Morgan fingerprint density at radius 2 is 2.00 bits per heavy atom. The van der Waals surface area contributed by atoms with Crippen LogP contribution in [0, 0.1) is 5.41 Å². The number of para-hydroxylation sites is 1. The van der Waals surface area contributed by atoms with Gasteiger partial charge in [0.15, 0.2) is 5.96 Å². The zero-order chi connectivity index (χ0) is 23.6. The van der Waals surface area contributed by atoms with E-state index >= 15 is 0 Å². The number of hydrogen-bond acceptors (Lipinski definition) is 5. The molecule has 2 aliphatic rings. The van der Waals surface area contributed by atoms with Crippen LogP contribution in [0.15, 0.2) is 48.5 Å². The lowest BCUT2D eigenvalue weighted by atomic mass is 9.87. The number of rotatable bonds is 6. The van der Waals surface area contributed by atoms with Crippen LogP contribution >= 0.6 is 0 Å². The largest absolute Gasteiger partial charge is 0.490 e. The quantitative estimate of drug-likeness (QED) is 0.540. The molecule has 4 N–H and O–H groups in total. The summed E-state index contributed by atoms with van der Waals surface area (Å²) in [7, 11) is 0. The smallest absolute Gasteiger partial charge is 0.251 e. The summed E-state index contributed by atoms with van der Waals surface area (Å²) < 4.78 is 5.54. The highest BCUT2D eigenvalue weighted by molar-refractivity contribution is 5.99. The number of guanidine groups is 1. The maximum atomic E-state index is 13.0. The highest BCUT2D eigenvalue weighted by Crippen LogP contribution is 2.32. The van der Waals surface area contributed by atoms with Gasteiger partial charge < -0.3 is 20.5 Å². The van der Waals surface area contributed by atoms with Gasteiger partial charge in [0.2, 0.25) is 5.91 Å². The summed E-state index contributed by atoms with van der Waals surface area (Å²) in [4.78, 5) is 27.2. The van der Waals surface area contributed by atoms with E-state index in [0.717, 1.165) is 24.0 Å². The molecule has 2 aliphatic heterocycles. The van der Waals surface area contributed by atoms with Crippen molar-refractivity contribution in [3.05, 3.63) is 65.2 Å². The zero-order valence-corrected chi connectivity index (χ0v) is 18.9. The Kier molecular flexibility index (Phi) is 6.37. The fourth-order valence-corrected chi connectivity index (χ4v) is 4.46. The number of carbonyl (C=O) groups is 2. The second-order valence-corrected chi connectivity index (χ2v) is 8.69. The topological polar surface area (TPSA) is 115 Å². The van der Waals surface area contributed by atoms with E-state index < -0.39 is 12.1 Å². The minimum atomic E-state index is -0.859. The molecule has 2 atom stereocenters. The fourth-order valence-electron chi connectivity index (χ4n) is 4.46. The molecule has 174 valence electrons. The maximum Gasteiger partial charge on any atom is 0.251 e. The van der Waals surface area contributed by atoms with Crippen molar-refractivity contribution >= 4 is 17.8 Å². The first-order valence-corrected chi connectivity index (χ1v) is 11.3. The first kappa shape index (κ1) is 22.8. The fraction of sp³-hybridized carbons (Fsp3) is 0.400. The Balaban J connectivity index is 1.48. The summed E-state index contributed by atoms with van der Waals surface area (Å²) >= 11 is 0. The highest BCUT2D eigenvalue weighted by Gasteiger charge is 2.39. The predicted molar refractivity (Wildman–Crippen MR) is 124 cm³/mol. The first-order chi connectivity index (χ1) is 15.9. The molecule has 33 heavy (non-hydrogen) atoms. The van der Waals surface area contributed by atoms with Gasteiger partial charge in [0, 0.05) is 16.7 Å². The standard InChI is InChI=1S/C25H30N4O4/c1-3-25(4-2)13-21(31)29(24(26)28-25)14-16-8-7-9-17(12-16)23(32)27-22-18-10-5-6-11-20(18)33-15-19(22)30/h5-12,19,22,30H,3-4,13-15H2,1-2H3,(H2,26,28)(H,27,32)/t19-,22-/m1/s1. The number of nitrogens with zero attached hydrogens (tertiary/aromatic N) is 1. The van der Waals surface area contributed by atoms with E-state index in [4.69, 9.17) is 10.1 Å². The van der Waals surface area contributed by atoms with Crippen LogP contribution in [-0.4, -0.2) is 46.0 Å². The number of fused-ring (bicyclic) bond motifs is 1. The predicted octanol–water partition coefficient (Wildman–Crippen LogP) is 2.73. The average molecular weight is 451 g/mol. The lowest BCUT2D eigenvalue weighted by Gasteiger charge is -2.42. The minimum Gasteiger partial charge on any atom is -0.490 e. The first-order valence-electron chi connectivity index (χ1n) is 11.3. The van der Waals surface area contributed by atoms with Gasteiger partial charge in [0.05, 0.1) is 19.0 Å². The van der Waals surface area contributed by atoms with E-state index in [2.05, 4.69) is 10.6 Å². The summed E-state index contributed by atoms with van der Waals surface area (Å²) in [5.41, 5.74) is 1.53. The number of carbonyl (C=O) groups excluding carboxylic acids is 2. The maximum absolute atomic E-state index is 13.0. The third-order valence-electron chi connectivity index (χ3n) is 6.66. The van der Waals surface area contributed by atoms with Crippen molar-refractivity contribution in [2.45, 2.75) is 57.3 Å². The molecule has 2 aromatic rings. The molecular formula is C25H30N4O4. The van der Waals surface area contributed by atoms with Crippen LogP contribution in [0.1, 0.15) is 60.6 Å². The molecule has 8 heteroatoms. The van der Waals surface area contributed by atoms with E-state index in [-0.39, 0.29) is 36.5 Å². The molecule has 0 bridgehead atoms. The monoisotopic (exact) mass is 450 g/mol. The molecule has 1 fully saturated rings. The summed E-state index contributed by atoms with van der Waals surface area (Å²) in [5.74, 6) is 0.310. The van der Waals surface area contributed by atoms with E-state index in [0.29, 0.717) is 17.7 Å². The average Bonchev–Trinajstić information content (AvgIpc) is 2.83. The molecule has 0 spiro atoms. The Bertz CT molecular complexity index is 1050. The van der Waals surface area contributed by atoms with Crippen LogP contribution < -0.4 is 15.4 Å². The minimum absolute atomic E-state index is 0.0896. The molecule has 0 saturated carbocycles. The van der Waals surface area contributed by atoms with Gasteiger partial charge in [-0.15, -0.1) is 0 Å². The second-order valence-electron chi connectivity index (χ2n) is 8.69. The summed E-state index contributed by atoms with van der Waals surface area (Å²) in [5, 5.41) is 24.9. The van der Waals surface area contributed by atoms with Gasteiger partial charge in [-0.05, 0) is 36.6 Å². The zero-order valence-electron chi connectivity index (χ0n) is 18.9. The van der Waals surface area contributed by atoms with Crippen molar-refractivity contribution in [2.24, 2.45) is 0 Å². The van der Waals surface area contributed by atoms with Crippen molar-refractivity contribution in [3.63, 3.8) is 0 Å². The molecule has 0 unspecified atom stereocenters. The van der Waals surface area contributed by atoms with Crippen LogP contribution in [0.4, 0.5) is 0 Å². The van der Waals surface area contributed by atoms with Gasteiger partial charge in [-0.2, -0.15) is 0 Å². The van der Waals surface area contributed by atoms with Gasteiger partial charge in [-0.1, -0.05) is 44.2 Å². The molecule has 0 aromatic heterocycles. The molecule has 2 amide bonds. The number of ether oxygens (including phenoxy) is 1. The van der Waals surface area contributed by atoms with Gasteiger partial charge in [-0.25, -0.2) is 0 Å². The van der Waals surface area contributed by atoms with Crippen LogP contribution in [0.5, 0.6) is 5.75 Å².